The van der Waals surface area contributed by atoms with Crippen molar-refractivity contribution in [2.24, 2.45) is 5.92 Å². The van der Waals surface area contributed by atoms with E-state index in [2.05, 4.69) is 15.9 Å². The summed E-state index contributed by atoms with van der Waals surface area (Å²) in [5.41, 5.74) is 0.358. The van der Waals surface area contributed by atoms with E-state index in [1.54, 1.807) is 24.3 Å². The van der Waals surface area contributed by atoms with Gasteiger partial charge in [-0.15, -0.1) is 0 Å². The van der Waals surface area contributed by atoms with Gasteiger partial charge in [-0.3, -0.25) is 19.3 Å². The van der Waals surface area contributed by atoms with Crippen LogP contribution in [0.25, 0.3) is 0 Å². The van der Waals surface area contributed by atoms with Crippen molar-refractivity contribution in [3.05, 3.63) is 34.3 Å². The number of carboxylic acids is 1. The van der Waals surface area contributed by atoms with E-state index in [0.29, 0.717) is 10.0 Å². The average Bonchev–Trinajstić information content (AvgIpc) is 2.71. The predicted molar refractivity (Wildman–Crippen MR) is 65.9 cm³/mol. The summed E-state index contributed by atoms with van der Waals surface area (Å²) in [6.45, 7) is -0.0612. The van der Waals surface area contributed by atoms with E-state index in [9.17, 15) is 14.4 Å². The Labute approximate surface area is 112 Å². The number of carbonyl (C=O) groups excluding carboxylic acids is 2. The normalized spacial score (nSPS) is 19.1. The number of benzene rings is 1. The van der Waals surface area contributed by atoms with Gasteiger partial charge in [0.15, 0.2) is 0 Å². The monoisotopic (exact) mass is 311 g/mol. The Kier molecular flexibility index (Phi) is 3.47. The van der Waals surface area contributed by atoms with Crippen LogP contribution in [0.15, 0.2) is 28.7 Å². The zero-order chi connectivity index (χ0) is 13.3. The van der Waals surface area contributed by atoms with Gasteiger partial charge in [0.1, 0.15) is 0 Å². The van der Waals surface area contributed by atoms with E-state index in [4.69, 9.17) is 5.11 Å². The van der Waals surface area contributed by atoms with Crippen LogP contribution in [0, 0.1) is 5.92 Å². The molecule has 1 aromatic carbocycles. The van der Waals surface area contributed by atoms with Crippen LogP contribution in [0.3, 0.4) is 0 Å². The molecule has 0 bridgehead atoms. The zero-order valence-corrected chi connectivity index (χ0v) is 10.9. The summed E-state index contributed by atoms with van der Waals surface area (Å²) >= 11 is 3.23. The van der Waals surface area contributed by atoms with Crippen LogP contribution in [0.4, 0.5) is 0 Å². The number of rotatable bonds is 2. The summed E-state index contributed by atoms with van der Waals surface area (Å²) in [5, 5.41) is 8.86. The van der Waals surface area contributed by atoms with Crippen molar-refractivity contribution in [1.82, 2.24) is 4.90 Å². The molecule has 2 amide bonds. The van der Waals surface area contributed by atoms with Gasteiger partial charge in [0.25, 0.3) is 5.91 Å². The van der Waals surface area contributed by atoms with E-state index in [1.807, 2.05) is 0 Å². The molecule has 1 fully saturated rings. The highest BCUT2D eigenvalue weighted by atomic mass is 79.9. The Morgan fingerprint density at radius 1 is 1.33 bits per heavy atom. The fourth-order valence-electron chi connectivity index (χ4n) is 1.85. The van der Waals surface area contributed by atoms with E-state index in [0.717, 1.165) is 4.90 Å². The van der Waals surface area contributed by atoms with E-state index < -0.39 is 23.7 Å². The highest BCUT2D eigenvalue weighted by Crippen LogP contribution is 2.23. The van der Waals surface area contributed by atoms with E-state index >= 15 is 0 Å². The first-order chi connectivity index (χ1) is 8.50. The van der Waals surface area contributed by atoms with Gasteiger partial charge in [-0.1, -0.05) is 12.1 Å². The van der Waals surface area contributed by atoms with E-state index in [1.165, 1.54) is 0 Å². The summed E-state index contributed by atoms with van der Waals surface area (Å²) in [6, 6.07) is 6.73. The lowest BCUT2D eigenvalue weighted by Gasteiger charge is -2.14. The molecular formula is C12H10BrNO4. The maximum Gasteiger partial charge on any atom is 0.308 e. The van der Waals surface area contributed by atoms with Crippen LogP contribution in [0.5, 0.6) is 0 Å². The van der Waals surface area contributed by atoms with Crippen LogP contribution < -0.4 is 0 Å². The summed E-state index contributed by atoms with van der Waals surface area (Å²) in [6.07, 6.45) is -0.120. The summed E-state index contributed by atoms with van der Waals surface area (Å²) in [4.78, 5) is 35.6. The molecule has 1 heterocycles. The molecule has 94 valence electrons. The second-order valence-electron chi connectivity index (χ2n) is 4.03. The number of hydrogen-bond donors (Lipinski definition) is 1. The number of nitrogens with zero attached hydrogens (tertiary/aromatic N) is 1. The van der Waals surface area contributed by atoms with Gasteiger partial charge in [0.05, 0.1) is 11.5 Å². The Morgan fingerprint density at radius 2 is 2.00 bits per heavy atom. The second kappa shape index (κ2) is 4.89. The lowest BCUT2D eigenvalue weighted by Crippen LogP contribution is -2.33. The van der Waals surface area contributed by atoms with Crippen molar-refractivity contribution in [2.75, 3.05) is 6.54 Å². The number of hydrogen-bond acceptors (Lipinski definition) is 3. The minimum absolute atomic E-state index is 0.0612. The topological polar surface area (TPSA) is 74.7 Å². The predicted octanol–water partition coefficient (Wildman–Crippen LogP) is 1.52. The molecule has 1 aliphatic heterocycles. The number of amides is 2. The Bertz CT molecular complexity index is 529. The van der Waals surface area contributed by atoms with Gasteiger partial charge in [-0.2, -0.15) is 0 Å². The highest BCUT2D eigenvalue weighted by Gasteiger charge is 2.38. The Morgan fingerprint density at radius 3 is 2.56 bits per heavy atom. The maximum absolute atomic E-state index is 12.1. The summed E-state index contributed by atoms with van der Waals surface area (Å²) in [7, 11) is 0. The molecule has 0 aliphatic carbocycles. The lowest BCUT2D eigenvalue weighted by molar-refractivity contribution is -0.141. The molecule has 0 saturated carbocycles. The number of halogens is 1. The molecule has 0 aromatic heterocycles. The van der Waals surface area contributed by atoms with Crippen molar-refractivity contribution >= 4 is 33.7 Å². The van der Waals surface area contributed by atoms with Crippen LogP contribution >= 0.6 is 15.9 Å². The van der Waals surface area contributed by atoms with Crippen LogP contribution in [0.1, 0.15) is 16.8 Å². The molecule has 1 saturated heterocycles. The quantitative estimate of drug-likeness (QED) is 0.840. The molecule has 5 nitrogen and oxygen atoms in total. The molecule has 18 heavy (non-hydrogen) atoms. The number of imide groups is 1. The number of carbonyl (C=O) groups is 3. The lowest BCUT2D eigenvalue weighted by atomic mass is 10.1. The van der Waals surface area contributed by atoms with E-state index in [-0.39, 0.29) is 13.0 Å². The third-order valence-corrected chi connectivity index (χ3v) is 3.52. The first kappa shape index (κ1) is 12.8. The van der Waals surface area contributed by atoms with Gasteiger partial charge in [-0.25, -0.2) is 0 Å². The molecule has 6 heteroatoms. The molecule has 0 radical (unpaired) electrons. The van der Waals surface area contributed by atoms with Crippen LogP contribution in [-0.2, 0) is 9.59 Å². The van der Waals surface area contributed by atoms with Gasteiger partial charge < -0.3 is 5.11 Å². The van der Waals surface area contributed by atoms with Gasteiger partial charge >= 0.3 is 5.97 Å². The molecular weight excluding hydrogens is 302 g/mol. The Balaban J connectivity index is 2.23. The van der Waals surface area contributed by atoms with Crippen molar-refractivity contribution < 1.29 is 19.5 Å². The molecule has 0 spiro atoms. The van der Waals surface area contributed by atoms with Gasteiger partial charge in [0, 0.05) is 17.4 Å². The summed E-state index contributed by atoms with van der Waals surface area (Å²) < 4.78 is 0.585. The molecule has 1 N–H and O–H groups in total. The first-order valence-electron chi connectivity index (χ1n) is 5.32. The average molecular weight is 312 g/mol. The van der Waals surface area contributed by atoms with Crippen LogP contribution in [0.2, 0.25) is 0 Å². The molecule has 1 aromatic rings. The summed E-state index contributed by atoms with van der Waals surface area (Å²) in [5.74, 6) is -2.76. The van der Waals surface area contributed by atoms with Crippen molar-refractivity contribution in [2.45, 2.75) is 6.42 Å². The molecule has 1 unspecified atom stereocenters. The second-order valence-corrected chi connectivity index (χ2v) is 4.88. The highest BCUT2D eigenvalue weighted by molar-refractivity contribution is 9.10. The fraction of sp³-hybridized carbons (Fsp3) is 0.250. The smallest absolute Gasteiger partial charge is 0.308 e. The minimum Gasteiger partial charge on any atom is -0.481 e. The molecule has 2 rings (SSSR count). The van der Waals surface area contributed by atoms with Crippen molar-refractivity contribution in [3.8, 4) is 0 Å². The third-order valence-electron chi connectivity index (χ3n) is 2.82. The standard InChI is InChI=1S/C12H10BrNO4/c13-9-4-2-1-3-8(9)11(16)14-6-7(12(17)18)5-10(14)15/h1-4,7H,5-6H2,(H,17,18). The SMILES string of the molecule is O=C(O)C1CC(=O)N(C(=O)c2ccccc2Br)C1. The fourth-order valence-corrected chi connectivity index (χ4v) is 2.30. The molecule has 1 atom stereocenters. The number of carboxylic acid groups (broad SMARTS) is 1. The number of aliphatic carboxylic acids is 1. The maximum atomic E-state index is 12.1. The Hall–Kier alpha value is -1.69. The third kappa shape index (κ3) is 2.28. The number of likely N-dealkylation sites (tertiary alicyclic amines) is 1. The van der Waals surface area contributed by atoms with Crippen LogP contribution in [-0.4, -0.2) is 34.3 Å². The van der Waals surface area contributed by atoms with Crippen molar-refractivity contribution in [3.63, 3.8) is 0 Å². The van der Waals surface area contributed by atoms with Crippen molar-refractivity contribution in [1.29, 1.82) is 0 Å². The minimum atomic E-state index is -1.05. The largest absolute Gasteiger partial charge is 0.481 e. The zero-order valence-electron chi connectivity index (χ0n) is 9.30. The molecule has 1 aliphatic rings. The van der Waals surface area contributed by atoms with Gasteiger partial charge in [-0.05, 0) is 28.1 Å². The van der Waals surface area contributed by atoms with Gasteiger partial charge in [0.2, 0.25) is 5.91 Å². The first-order valence-corrected chi connectivity index (χ1v) is 6.12.